The quantitative estimate of drug-likeness (QED) is 0.848. The van der Waals surface area contributed by atoms with E-state index in [4.69, 9.17) is 16.3 Å². The number of piperazine rings is 1. The molecule has 2 bridgehead atoms. The summed E-state index contributed by atoms with van der Waals surface area (Å²) in [7, 11) is 0. The molecule has 1 aromatic rings. The second-order valence-electron chi connectivity index (χ2n) is 8.53. The Balaban J connectivity index is 1.28. The average molecular weight is 394 g/mol. The van der Waals surface area contributed by atoms with Crippen molar-refractivity contribution in [3.8, 4) is 0 Å². The molecule has 1 amide bonds. The fraction of sp³-hybridized carbons (Fsp3) is 0.650. The van der Waals surface area contributed by atoms with Crippen molar-refractivity contribution in [1.82, 2.24) is 15.1 Å². The van der Waals surface area contributed by atoms with Crippen molar-refractivity contribution in [2.45, 2.75) is 31.1 Å². The number of carbonyl (C=O) groups excluding carboxylic acids is 1. The summed E-state index contributed by atoms with van der Waals surface area (Å²) in [6.07, 6.45) is 2.58. The van der Waals surface area contributed by atoms with Crippen LogP contribution in [0.25, 0.3) is 0 Å². The van der Waals surface area contributed by atoms with Gasteiger partial charge in [-0.1, -0.05) is 17.7 Å². The molecule has 4 fully saturated rings. The third kappa shape index (κ3) is 3.16. The van der Waals surface area contributed by atoms with E-state index in [0.29, 0.717) is 24.5 Å². The van der Waals surface area contributed by atoms with Gasteiger partial charge < -0.3 is 10.1 Å². The normalized spacial score (nSPS) is 36.2. The van der Waals surface area contributed by atoms with Crippen LogP contribution in [-0.2, 0) is 16.1 Å². The molecule has 4 aliphatic heterocycles. The van der Waals surface area contributed by atoms with Gasteiger partial charge in [-0.05, 0) is 30.5 Å². The van der Waals surface area contributed by atoms with E-state index in [1.165, 1.54) is 6.07 Å². The second kappa shape index (κ2) is 6.69. The van der Waals surface area contributed by atoms with Crippen molar-refractivity contribution in [3.05, 3.63) is 34.6 Å². The lowest BCUT2D eigenvalue weighted by Crippen LogP contribution is -2.51. The van der Waals surface area contributed by atoms with Crippen molar-refractivity contribution in [1.29, 1.82) is 0 Å². The average Bonchev–Trinajstić information content (AvgIpc) is 3.28. The Hall–Kier alpha value is -1.21. The molecule has 0 radical (unpaired) electrons. The number of rotatable bonds is 4. The Morgan fingerprint density at radius 1 is 1.37 bits per heavy atom. The van der Waals surface area contributed by atoms with E-state index in [-0.39, 0.29) is 22.3 Å². The third-order valence-corrected chi connectivity index (χ3v) is 7.12. The molecule has 4 saturated heterocycles. The minimum absolute atomic E-state index is 0.0306. The van der Waals surface area contributed by atoms with Crippen molar-refractivity contribution in [2.75, 3.05) is 39.3 Å². The van der Waals surface area contributed by atoms with Gasteiger partial charge >= 0.3 is 0 Å². The van der Waals surface area contributed by atoms with Crippen LogP contribution in [0.1, 0.15) is 18.4 Å². The first-order chi connectivity index (χ1) is 13.0. The second-order valence-corrected chi connectivity index (χ2v) is 8.94. The van der Waals surface area contributed by atoms with E-state index in [0.717, 1.165) is 57.7 Å². The summed E-state index contributed by atoms with van der Waals surface area (Å²) >= 11 is 5.94. The Bertz CT molecular complexity index is 763. The molecule has 4 atom stereocenters. The molecule has 0 unspecified atom stereocenters. The zero-order valence-electron chi connectivity index (χ0n) is 15.3. The van der Waals surface area contributed by atoms with E-state index in [1.807, 2.05) is 6.07 Å². The molecule has 7 heteroatoms. The van der Waals surface area contributed by atoms with Gasteiger partial charge in [0.05, 0.1) is 23.3 Å². The predicted molar refractivity (Wildman–Crippen MR) is 100.0 cm³/mol. The summed E-state index contributed by atoms with van der Waals surface area (Å²) in [5.41, 5.74) is 1.01. The SMILES string of the molecule is O=C1CN(C[C@H]2[C@H]3CN(Cc4ccc(F)c(Cl)c4)C[C@]34CC[C@H]2O4)CCN1. The highest BCUT2D eigenvalue weighted by molar-refractivity contribution is 6.30. The van der Waals surface area contributed by atoms with Crippen molar-refractivity contribution in [3.63, 3.8) is 0 Å². The van der Waals surface area contributed by atoms with Crippen LogP contribution in [0.3, 0.4) is 0 Å². The summed E-state index contributed by atoms with van der Waals surface area (Å²) in [5, 5.41) is 3.08. The fourth-order valence-electron chi connectivity index (χ4n) is 5.69. The topological polar surface area (TPSA) is 44.8 Å². The minimum atomic E-state index is -0.370. The fourth-order valence-corrected chi connectivity index (χ4v) is 5.90. The Labute approximate surface area is 163 Å². The van der Waals surface area contributed by atoms with Gasteiger partial charge in [0.15, 0.2) is 0 Å². The van der Waals surface area contributed by atoms with Gasteiger partial charge in [0.25, 0.3) is 0 Å². The summed E-state index contributed by atoms with van der Waals surface area (Å²) in [5.74, 6) is 0.759. The lowest BCUT2D eigenvalue weighted by atomic mass is 9.73. The molecule has 5 rings (SSSR count). The van der Waals surface area contributed by atoms with Crippen LogP contribution >= 0.6 is 11.6 Å². The van der Waals surface area contributed by atoms with Gasteiger partial charge in [-0.2, -0.15) is 0 Å². The highest BCUT2D eigenvalue weighted by atomic mass is 35.5. The van der Waals surface area contributed by atoms with Crippen molar-refractivity contribution < 1.29 is 13.9 Å². The molecule has 1 aromatic carbocycles. The molecule has 1 N–H and O–H groups in total. The van der Waals surface area contributed by atoms with E-state index in [1.54, 1.807) is 6.07 Å². The summed E-state index contributed by atoms with van der Waals surface area (Å²) in [4.78, 5) is 16.4. The maximum absolute atomic E-state index is 13.4. The van der Waals surface area contributed by atoms with E-state index >= 15 is 0 Å². The predicted octanol–water partition coefficient (Wildman–Crippen LogP) is 1.89. The van der Waals surface area contributed by atoms with Crippen molar-refractivity contribution in [2.24, 2.45) is 11.8 Å². The van der Waals surface area contributed by atoms with Gasteiger partial charge in [-0.15, -0.1) is 0 Å². The number of hydrogen-bond donors (Lipinski definition) is 1. The number of amides is 1. The number of carbonyl (C=O) groups is 1. The van der Waals surface area contributed by atoms with Crippen LogP contribution < -0.4 is 5.32 Å². The van der Waals surface area contributed by atoms with Crippen LogP contribution in [0.2, 0.25) is 5.02 Å². The van der Waals surface area contributed by atoms with E-state index in [2.05, 4.69) is 15.1 Å². The highest BCUT2D eigenvalue weighted by Crippen LogP contribution is 2.55. The molecule has 27 heavy (non-hydrogen) atoms. The van der Waals surface area contributed by atoms with Gasteiger partial charge in [-0.3, -0.25) is 14.6 Å². The summed E-state index contributed by atoms with van der Waals surface area (Å²) in [6, 6.07) is 4.99. The van der Waals surface area contributed by atoms with Crippen molar-refractivity contribution >= 4 is 17.5 Å². The zero-order chi connectivity index (χ0) is 18.6. The lowest BCUT2D eigenvalue weighted by molar-refractivity contribution is -0.124. The standard InChI is InChI=1S/C20H25ClFN3O2/c21-16-7-13(1-2-17(16)22)8-25-10-15-14(9-24-6-5-23-19(26)11-24)18-3-4-20(15,12-25)27-18/h1-2,7,14-15,18H,3-6,8-12H2,(H,23,26)/t14-,15+,18+,20+/m0/s1. The molecular formula is C20H25ClFN3O2. The Morgan fingerprint density at radius 2 is 2.26 bits per heavy atom. The molecule has 0 saturated carbocycles. The van der Waals surface area contributed by atoms with Crippen LogP contribution in [0, 0.1) is 17.7 Å². The van der Waals surface area contributed by atoms with Crippen LogP contribution in [0.15, 0.2) is 18.2 Å². The van der Waals surface area contributed by atoms with Gasteiger partial charge in [0.1, 0.15) is 5.82 Å². The number of fused-ring (bicyclic) bond motifs is 1. The maximum atomic E-state index is 13.4. The molecule has 1 spiro atoms. The number of halogens is 2. The number of benzene rings is 1. The number of hydrogen-bond acceptors (Lipinski definition) is 4. The maximum Gasteiger partial charge on any atom is 0.234 e. The first-order valence-corrected chi connectivity index (χ1v) is 10.2. The Kier molecular flexibility index (Phi) is 4.43. The molecule has 5 nitrogen and oxygen atoms in total. The zero-order valence-corrected chi connectivity index (χ0v) is 16.1. The van der Waals surface area contributed by atoms with Crippen LogP contribution in [0.4, 0.5) is 4.39 Å². The van der Waals surface area contributed by atoms with Gasteiger partial charge in [0.2, 0.25) is 5.91 Å². The summed E-state index contributed by atoms with van der Waals surface area (Å²) in [6.45, 7) is 5.81. The van der Waals surface area contributed by atoms with Gasteiger partial charge in [-0.25, -0.2) is 4.39 Å². The third-order valence-electron chi connectivity index (χ3n) is 6.83. The number of ether oxygens (including phenoxy) is 1. The van der Waals surface area contributed by atoms with E-state index in [9.17, 15) is 9.18 Å². The molecule has 4 aliphatic rings. The summed E-state index contributed by atoms with van der Waals surface area (Å²) < 4.78 is 19.9. The first-order valence-electron chi connectivity index (χ1n) is 9.86. The molecule has 0 aromatic heterocycles. The van der Waals surface area contributed by atoms with Crippen LogP contribution in [-0.4, -0.2) is 66.7 Å². The minimum Gasteiger partial charge on any atom is -0.370 e. The molecular weight excluding hydrogens is 369 g/mol. The molecule has 0 aliphatic carbocycles. The number of nitrogens with zero attached hydrogens (tertiary/aromatic N) is 2. The number of nitrogens with one attached hydrogen (secondary N) is 1. The molecule has 4 heterocycles. The Morgan fingerprint density at radius 3 is 3.07 bits per heavy atom. The first kappa shape index (κ1) is 17.9. The number of likely N-dealkylation sites (tertiary alicyclic amines) is 1. The largest absolute Gasteiger partial charge is 0.370 e. The van der Waals surface area contributed by atoms with E-state index < -0.39 is 0 Å². The monoisotopic (exact) mass is 393 g/mol. The highest BCUT2D eigenvalue weighted by Gasteiger charge is 2.62. The lowest BCUT2D eigenvalue weighted by Gasteiger charge is -2.35. The smallest absolute Gasteiger partial charge is 0.234 e. The van der Waals surface area contributed by atoms with Crippen LogP contribution in [0.5, 0.6) is 0 Å². The molecule has 146 valence electrons. The van der Waals surface area contributed by atoms with Gasteiger partial charge in [0, 0.05) is 51.1 Å².